The Kier molecular flexibility index (Phi) is 6.19. The molecule has 4 heteroatoms. The van der Waals surface area contributed by atoms with Crippen LogP contribution >= 0.6 is 0 Å². The molecule has 0 aromatic carbocycles. The third-order valence-electron chi connectivity index (χ3n) is 2.47. The van der Waals surface area contributed by atoms with E-state index in [2.05, 4.69) is 54.5 Å². The van der Waals surface area contributed by atoms with E-state index in [4.69, 9.17) is 4.12 Å². The fourth-order valence-electron chi connectivity index (χ4n) is 1.35. The fraction of sp³-hybridized carbons (Fsp3) is 0.500. The van der Waals surface area contributed by atoms with Gasteiger partial charge < -0.3 is 0 Å². The van der Waals surface area contributed by atoms with Crippen LogP contribution in [0.4, 0.5) is 0 Å². The van der Waals surface area contributed by atoms with Crippen LogP contribution in [-0.4, -0.2) is 19.5 Å². The average molecular weight is 436 g/mol. The van der Waals surface area contributed by atoms with Crippen molar-refractivity contribution >= 4 is 19.5 Å². The second kappa shape index (κ2) is 6.90. The maximum atomic E-state index is 5.94. The van der Waals surface area contributed by atoms with Crippen molar-refractivity contribution in [3.05, 3.63) is 35.6 Å². The SMILES string of the molecule is CC(C)=C[SiH2]O[SiH2][CH2][Pt]([CH3])([CH3])[CH]1C=CC=C1. The monoisotopic (exact) mass is 435 g/mol. The van der Waals surface area contributed by atoms with Gasteiger partial charge in [-0.25, -0.2) is 0 Å². The van der Waals surface area contributed by atoms with Gasteiger partial charge in [0, 0.05) is 0 Å². The molecule has 1 nitrogen and oxygen atoms in total. The molecule has 0 unspecified atom stereocenters. The summed E-state index contributed by atoms with van der Waals surface area (Å²) in [7, 11) is -0.574. The van der Waals surface area contributed by atoms with E-state index in [0.717, 1.165) is 4.31 Å². The van der Waals surface area contributed by atoms with Gasteiger partial charge in [-0.2, -0.15) is 0 Å². The van der Waals surface area contributed by atoms with Crippen molar-refractivity contribution in [2.45, 2.75) is 33.2 Å². The zero-order valence-electron chi connectivity index (χ0n) is 10.8. The van der Waals surface area contributed by atoms with Gasteiger partial charge in [0.05, 0.1) is 0 Å². The Morgan fingerprint density at radius 2 is 1.94 bits per heavy atom. The predicted octanol–water partition coefficient (Wildman–Crippen LogP) is 2.63. The Morgan fingerprint density at radius 3 is 2.50 bits per heavy atom. The molecule has 0 saturated heterocycles. The Balaban J connectivity index is 2.23. The number of hydrogen-bond acceptors (Lipinski definition) is 1. The molecular formula is C12H24OPtSi2. The van der Waals surface area contributed by atoms with Crippen LogP contribution in [-0.2, 0) is 20.2 Å². The summed E-state index contributed by atoms with van der Waals surface area (Å²) in [5, 5.41) is 5.08. The molecule has 0 atom stereocenters. The van der Waals surface area contributed by atoms with Crippen molar-refractivity contribution < 1.29 is 20.2 Å². The van der Waals surface area contributed by atoms with Crippen molar-refractivity contribution in [3.63, 3.8) is 0 Å². The standard InChI is InChI=1S/C5H13OSi2.C5H5.2CH3.Pt/c1-5(2)4-8-6-7-3;1-2-4-5-3-1;;;/h4H,3,7-8H2,1-2H3;1-5H;2*1H3;. The Labute approximate surface area is 108 Å². The minimum atomic E-state index is -1.52. The minimum absolute atomic E-state index is 0.240. The van der Waals surface area contributed by atoms with Crippen LogP contribution in [0.5, 0.6) is 0 Å². The van der Waals surface area contributed by atoms with Gasteiger partial charge in [0.1, 0.15) is 0 Å². The first-order chi connectivity index (χ1) is 7.52. The first kappa shape index (κ1) is 14.4. The number of allylic oxidation sites excluding steroid dienone is 5. The molecule has 0 spiro atoms. The predicted molar refractivity (Wildman–Crippen MR) is 76.2 cm³/mol. The second-order valence-corrected chi connectivity index (χ2v) is 21.5. The summed E-state index contributed by atoms with van der Waals surface area (Å²) in [6, 6.07) is 0. The quantitative estimate of drug-likeness (QED) is 0.461. The van der Waals surface area contributed by atoms with Gasteiger partial charge >= 0.3 is 108 Å². The van der Waals surface area contributed by atoms with Gasteiger partial charge in [-0.15, -0.1) is 0 Å². The zero-order valence-corrected chi connectivity index (χ0v) is 15.9. The van der Waals surface area contributed by atoms with Crippen molar-refractivity contribution in [2.24, 2.45) is 0 Å². The molecule has 0 heterocycles. The van der Waals surface area contributed by atoms with E-state index in [9.17, 15) is 0 Å². The van der Waals surface area contributed by atoms with Crippen molar-refractivity contribution in [1.82, 2.24) is 0 Å². The summed E-state index contributed by atoms with van der Waals surface area (Å²) in [6.07, 6.45) is 9.18. The third kappa shape index (κ3) is 5.09. The van der Waals surface area contributed by atoms with Crippen LogP contribution in [0.3, 0.4) is 0 Å². The zero-order chi connectivity index (χ0) is 12.0. The van der Waals surface area contributed by atoms with Gasteiger partial charge in [-0.1, -0.05) is 0 Å². The van der Waals surface area contributed by atoms with E-state index in [1.165, 1.54) is 10.0 Å². The van der Waals surface area contributed by atoms with Crippen LogP contribution in [0.25, 0.3) is 0 Å². The van der Waals surface area contributed by atoms with E-state index in [0.29, 0.717) is 0 Å². The van der Waals surface area contributed by atoms with Gasteiger partial charge in [-0.05, 0) is 0 Å². The van der Waals surface area contributed by atoms with E-state index in [-0.39, 0.29) is 19.5 Å². The molecule has 0 aliphatic heterocycles. The number of hydrogen-bond donors (Lipinski definition) is 0. The van der Waals surface area contributed by atoms with Crippen LogP contribution in [0.15, 0.2) is 35.6 Å². The molecule has 1 aliphatic carbocycles. The fourth-order valence-corrected chi connectivity index (χ4v) is 15.4. The van der Waals surface area contributed by atoms with Crippen LogP contribution < -0.4 is 0 Å². The van der Waals surface area contributed by atoms with E-state index in [1.54, 1.807) is 0 Å². The molecule has 16 heavy (non-hydrogen) atoms. The van der Waals surface area contributed by atoms with Gasteiger partial charge in [0.15, 0.2) is 0 Å². The summed E-state index contributed by atoms with van der Waals surface area (Å²) in [6.45, 7) is 4.32. The molecule has 96 valence electrons. The number of rotatable bonds is 6. The summed E-state index contributed by atoms with van der Waals surface area (Å²) < 4.78 is 8.19. The summed E-state index contributed by atoms with van der Waals surface area (Å²) in [4.78, 5) is 0. The van der Waals surface area contributed by atoms with Gasteiger partial charge in [-0.3, -0.25) is 0 Å². The maximum absolute atomic E-state index is 5.94. The molecule has 0 bridgehead atoms. The topological polar surface area (TPSA) is 9.23 Å². The average Bonchev–Trinajstić information content (AvgIpc) is 2.69. The molecule has 1 rings (SSSR count). The molecule has 0 radical (unpaired) electrons. The third-order valence-corrected chi connectivity index (χ3v) is 21.6. The molecule has 0 fully saturated rings. The van der Waals surface area contributed by atoms with Gasteiger partial charge in [0.2, 0.25) is 0 Å². The molecule has 0 amide bonds. The summed E-state index contributed by atoms with van der Waals surface area (Å²) in [5.41, 5.74) is 3.74. The summed E-state index contributed by atoms with van der Waals surface area (Å²) in [5.74, 6) is 0. The first-order valence-electron chi connectivity index (χ1n) is 5.48. The van der Waals surface area contributed by atoms with E-state index in [1.807, 2.05) is 0 Å². The molecule has 0 saturated carbocycles. The normalized spacial score (nSPS) is 18.2. The van der Waals surface area contributed by atoms with Crippen LogP contribution in [0.2, 0.25) is 19.4 Å². The molecule has 0 aromatic heterocycles. The molecule has 0 aromatic rings. The van der Waals surface area contributed by atoms with Crippen molar-refractivity contribution in [3.8, 4) is 0 Å². The molecule has 1 aliphatic rings. The Morgan fingerprint density at radius 1 is 1.31 bits per heavy atom. The second-order valence-electron chi connectivity index (χ2n) is 4.45. The van der Waals surface area contributed by atoms with E-state index < -0.39 is 16.1 Å². The van der Waals surface area contributed by atoms with Crippen molar-refractivity contribution in [1.29, 1.82) is 0 Å². The Bertz CT molecular complexity index is 292. The van der Waals surface area contributed by atoms with Crippen LogP contribution in [0, 0.1) is 0 Å². The van der Waals surface area contributed by atoms with Crippen molar-refractivity contribution in [2.75, 3.05) is 0 Å². The summed E-state index contributed by atoms with van der Waals surface area (Å²) >= 11 is -1.52. The van der Waals surface area contributed by atoms with E-state index >= 15 is 0 Å². The first-order valence-corrected chi connectivity index (χ1v) is 15.9. The van der Waals surface area contributed by atoms with Gasteiger partial charge in [0.25, 0.3) is 0 Å². The van der Waals surface area contributed by atoms with Crippen LogP contribution in [0.1, 0.15) is 13.8 Å². The molecular weight excluding hydrogens is 411 g/mol. The molecule has 0 N–H and O–H groups in total. The Hall–Kier alpha value is 0.302.